The van der Waals surface area contributed by atoms with Crippen LogP contribution in [0.2, 0.25) is 0 Å². The highest BCUT2D eigenvalue weighted by atomic mass is 16.3. The average Bonchev–Trinajstić information content (AvgIpc) is 2.82. The van der Waals surface area contributed by atoms with E-state index in [-0.39, 0.29) is 12.1 Å². The minimum Gasteiger partial charge on any atom is -0.394 e. The van der Waals surface area contributed by atoms with Gasteiger partial charge < -0.3 is 15.0 Å². The van der Waals surface area contributed by atoms with Gasteiger partial charge in [-0.3, -0.25) is 0 Å². The molecule has 0 spiro atoms. The van der Waals surface area contributed by atoms with Crippen LogP contribution in [0.25, 0.3) is 0 Å². The summed E-state index contributed by atoms with van der Waals surface area (Å²) >= 11 is 0. The lowest BCUT2D eigenvalue weighted by Gasteiger charge is -2.31. The van der Waals surface area contributed by atoms with Crippen LogP contribution in [0.3, 0.4) is 0 Å². The molecule has 0 aliphatic heterocycles. The predicted octanol–water partition coefficient (Wildman–Crippen LogP) is 2.29. The summed E-state index contributed by atoms with van der Waals surface area (Å²) < 4.78 is 2.32. The van der Waals surface area contributed by atoms with Gasteiger partial charge in [-0.1, -0.05) is 13.8 Å². The van der Waals surface area contributed by atoms with Gasteiger partial charge in [-0.05, 0) is 45.4 Å². The average molecular weight is 279 g/mol. The third kappa shape index (κ3) is 3.83. The molecule has 1 aromatic rings. The van der Waals surface area contributed by atoms with Crippen molar-refractivity contribution in [1.82, 2.24) is 14.9 Å². The van der Waals surface area contributed by atoms with Gasteiger partial charge in [-0.2, -0.15) is 0 Å². The molecule has 0 radical (unpaired) electrons. The van der Waals surface area contributed by atoms with Crippen molar-refractivity contribution in [2.45, 2.75) is 77.4 Å². The second-order valence-corrected chi connectivity index (χ2v) is 6.66. The van der Waals surface area contributed by atoms with Gasteiger partial charge in [0.25, 0.3) is 0 Å². The molecule has 1 unspecified atom stereocenters. The normalized spacial score (nSPS) is 18.1. The highest BCUT2D eigenvalue weighted by Crippen LogP contribution is 2.21. The van der Waals surface area contributed by atoms with Gasteiger partial charge in [0.2, 0.25) is 0 Å². The Hall–Kier alpha value is -0.870. The van der Waals surface area contributed by atoms with Crippen molar-refractivity contribution in [2.24, 2.45) is 0 Å². The van der Waals surface area contributed by atoms with E-state index in [4.69, 9.17) is 0 Å². The fourth-order valence-corrected chi connectivity index (χ4v) is 3.26. The Labute approximate surface area is 122 Å². The van der Waals surface area contributed by atoms with Crippen LogP contribution in [0.4, 0.5) is 0 Å². The number of aryl methyl sites for hydroxylation is 2. The van der Waals surface area contributed by atoms with E-state index in [1.165, 1.54) is 30.7 Å². The molecule has 2 N–H and O–H groups in total. The molecule has 114 valence electrons. The number of rotatable bonds is 7. The molecule has 2 rings (SSSR count). The predicted molar refractivity (Wildman–Crippen MR) is 81.9 cm³/mol. The van der Waals surface area contributed by atoms with Crippen molar-refractivity contribution in [2.75, 3.05) is 6.61 Å². The van der Waals surface area contributed by atoms with Crippen molar-refractivity contribution in [3.05, 3.63) is 17.7 Å². The maximum absolute atomic E-state index is 9.60. The van der Waals surface area contributed by atoms with Gasteiger partial charge in [-0.25, -0.2) is 4.98 Å². The molecule has 0 saturated heterocycles. The zero-order chi connectivity index (χ0) is 14.6. The summed E-state index contributed by atoms with van der Waals surface area (Å²) in [6.45, 7) is 7.56. The lowest BCUT2D eigenvalue weighted by atomic mass is 9.95. The lowest BCUT2D eigenvalue weighted by Crippen LogP contribution is -2.49. The van der Waals surface area contributed by atoms with Crippen LogP contribution in [-0.2, 0) is 19.4 Å². The highest BCUT2D eigenvalue weighted by molar-refractivity contribution is 5.16. The van der Waals surface area contributed by atoms with Gasteiger partial charge in [-0.15, -0.1) is 0 Å². The minimum absolute atomic E-state index is 0.172. The van der Waals surface area contributed by atoms with Crippen molar-refractivity contribution >= 4 is 0 Å². The standard InChI is InChI=1S/C16H29N3O/c1-13(2)18-16(3,11-20)9-6-10-19-12-17-14-7-4-5-8-15(14)19/h12-13,18,20H,4-11H2,1-3H3. The summed E-state index contributed by atoms with van der Waals surface area (Å²) in [6.07, 6.45) is 8.95. The van der Waals surface area contributed by atoms with Crippen LogP contribution in [-0.4, -0.2) is 32.8 Å². The third-order valence-corrected chi connectivity index (χ3v) is 4.22. The Bertz CT molecular complexity index is 427. The molecule has 1 atom stereocenters. The Morgan fingerprint density at radius 2 is 2.15 bits per heavy atom. The van der Waals surface area contributed by atoms with Crippen molar-refractivity contribution < 1.29 is 5.11 Å². The van der Waals surface area contributed by atoms with E-state index in [1.54, 1.807) is 0 Å². The summed E-state index contributed by atoms with van der Waals surface area (Å²) in [5.41, 5.74) is 2.58. The molecule has 20 heavy (non-hydrogen) atoms. The Morgan fingerprint density at radius 1 is 1.40 bits per heavy atom. The maximum atomic E-state index is 9.60. The molecule has 4 nitrogen and oxygen atoms in total. The molecular weight excluding hydrogens is 250 g/mol. The second kappa shape index (κ2) is 6.72. The van der Waals surface area contributed by atoms with Crippen LogP contribution in [0.1, 0.15) is 57.8 Å². The number of aromatic nitrogens is 2. The monoisotopic (exact) mass is 279 g/mol. The van der Waals surface area contributed by atoms with E-state index in [9.17, 15) is 5.11 Å². The van der Waals surface area contributed by atoms with Gasteiger partial charge in [0.15, 0.2) is 0 Å². The van der Waals surface area contributed by atoms with E-state index in [1.807, 2.05) is 6.33 Å². The topological polar surface area (TPSA) is 50.1 Å². The Kier molecular flexibility index (Phi) is 5.22. The number of nitrogens with one attached hydrogen (secondary N) is 1. The highest BCUT2D eigenvalue weighted by Gasteiger charge is 2.23. The van der Waals surface area contributed by atoms with Crippen LogP contribution < -0.4 is 5.32 Å². The zero-order valence-electron chi connectivity index (χ0n) is 13.2. The molecule has 0 saturated carbocycles. The lowest BCUT2D eigenvalue weighted by molar-refractivity contribution is 0.153. The van der Waals surface area contributed by atoms with E-state index in [0.717, 1.165) is 25.8 Å². The first kappa shape index (κ1) is 15.5. The summed E-state index contributed by atoms with van der Waals surface area (Å²) in [5.74, 6) is 0. The Balaban J connectivity index is 1.87. The first-order valence-corrected chi connectivity index (χ1v) is 7.95. The molecule has 1 aliphatic carbocycles. The smallest absolute Gasteiger partial charge is 0.0951 e. The summed E-state index contributed by atoms with van der Waals surface area (Å²) in [5, 5.41) is 13.1. The number of aliphatic hydroxyl groups is 1. The SMILES string of the molecule is CC(C)NC(C)(CO)CCCn1cnc2c1CCCC2. The fourth-order valence-electron chi connectivity index (χ4n) is 3.26. The number of fused-ring (bicyclic) bond motifs is 1. The van der Waals surface area contributed by atoms with E-state index in [2.05, 4.69) is 35.6 Å². The van der Waals surface area contributed by atoms with Crippen LogP contribution in [0.15, 0.2) is 6.33 Å². The Morgan fingerprint density at radius 3 is 2.85 bits per heavy atom. The summed E-state index contributed by atoms with van der Waals surface area (Å²) in [6, 6.07) is 0.396. The molecule has 0 aromatic carbocycles. The number of imidazole rings is 1. The number of hydrogen-bond donors (Lipinski definition) is 2. The van der Waals surface area contributed by atoms with Crippen LogP contribution in [0, 0.1) is 0 Å². The van der Waals surface area contributed by atoms with Gasteiger partial charge >= 0.3 is 0 Å². The molecule has 0 fully saturated rings. The quantitative estimate of drug-likeness (QED) is 0.805. The number of hydrogen-bond acceptors (Lipinski definition) is 3. The molecule has 1 aliphatic rings. The van der Waals surface area contributed by atoms with Crippen LogP contribution >= 0.6 is 0 Å². The van der Waals surface area contributed by atoms with Crippen molar-refractivity contribution in [1.29, 1.82) is 0 Å². The molecule has 1 heterocycles. The number of nitrogens with zero attached hydrogens (tertiary/aromatic N) is 2. The summed E-state index contributed by atoms with van der Waals surface area (Å²) in [4.78, 5) is 4.54. The van der Waals surface area contributed by atoms with E-state index >= 15 is 0 Å². The molecule has 0 amide bonds. The third-order valence-electron chi connectivity index (χ3n) is 4.22. The minimum atomic E-state index is -0.172. The maximum Gasteiger partial charge on any atom is 0.0951 e. The molecular formula is C16H29N3O. The van der Waals surface area contributed by atoms with Gasteiger partial charge in [0, 0.05) is 23.8 Å². The number of aliphatic hydroxyl groups excluding tert-OH is 1. The van der Waals surface area contributed by atoms with Crippen molar-refractivity contribution in [3.8, 4) is 0 Å². The molecule has 4 heteroatoms. The largest absolute Gasteiger partial charge is 0.394 e. The van der Waals surface area contributed by atoms with Crippen molar-refractivity contribution in [3.63, 3.8) is 0 Å². The van der Waals surface area contributed by atoms with E-state index in [0.29, 0.717) is 6.04 Å². The zero-order valence-corrected chi connectivity index (χ0v) is 13.2. The second-order valence-electron chi connectivity index (χ2n) is 6.66. The van der Waals surface area contributed by atoms with Gasteiger partial charge in [0.05, 0.1) is 18.6 Å². The fraction of sp³-hybridized carbons (Fsp3) is 0.812. The van der Waals surface area contributed by atoms with Gasteiger partial charge in [0.1, 0.15) is 0 Å². The molecule has 0 bridgehead atoms. The van der Waals surface area contributed by atoms with E-state index < -0.39 is 0 Å². The van der Waals surface area contributed by atoms with Crippen LogP contribution in [0.5, 0.6) is 0 Å². The summed E-state index contributed by atoms with van der Waals surface area (Å²) in [7, 11) is 0. The first-order chi connectivity index (χ1) is 9.54. The molecule has 1 aromatic heterocycles. The first-order valence-electron chi connectivity index (χ1n) is 7.95.